The minimum Gasteiger partial charge on any atom is -0.461 e. The van der Waals surface area contributed by atoms with E-state index in [9.17, 15) is 9.59 Å². The molecule has 1 atom stereocenters. The van der Waals surface area contributed by atoms with Crippen LogP contribution in [0.1, 0.15) is 54.9 Å². The van der Waals surface area contributed by atoms with Crippen molar-refractivity contribution in [3.8, 4) is 0 Å². The van der Waals surface area contributed by atoms with Crippen LogP contribution in [0.3, 0.4) is 0 Å². The zero-order valence-electron chi connectivity index (χ0n) is 12.1. The van der Waals surface area contributed by atoms with Crippen molar-refractivity contribution < 1.29 is 9.53 Å². The summed E-state index contributed by atoms with van der Waals surface area (Å²) in [5.74, 6) is -0.425. The van der Waals surface area contributed by atoms with Crippen molar-refractivity contribution in [1.29, 1.82) is 0 Å². The summed E-state index contributed by atoms with van der Waals surface area (Å²) in [7, 11) is 0. The fraction of sp³-hybridized carbons (Fsp3) is 0.714. The maximum Gasteiger partial charge on any atom is 0.356 e. The predicted molar refractivity (Wildman–Crippen MR) is 79.2 cm³/mol. The number of ether oxygens (including phenoxy) is 1. The lowest BCUT2D eigenvalue weighted by Crippen LogP contribution is -2.38. The van der Waals surface area contributed by atoms with E-state index in [1.165, 1.54) is 19.3 Å². The highest BCUT2D eigenvalue weighted by Crippen LogP contribution is 2.23. The average Bonchev–Trinajstić information content (AvgIpc) is 2.80. The molecule has 0 aromatic carbocycles. The number of nitrogens with one attached hydrogen (secondary N) is 1. The summed E-state index contributed by atoms with van der Waals surface area (Å²) in [4.78, 5) is 29.0. The summed E-state index contributed by atoms with van der Waals surface area (Å²) in [5.41, 5.74) is 0.335. The molecule has 2 heterocycles. The molecular formula is C14H22N2O3S. The van der Waals surface area contributed by atoms with Crippen LogP contribution in [-0.2, 0) is 11.3 Å². The molecule has 0 radical (unpaired) electrons. The number of hydrogen-bond acceptors (Lipinski definition) is 5. The molecule has 0 spiro atoms. The van der Waals surface area contributed by atoms with E-state index in [-0.39, 0.29) is 4.87 Å². The number of carbonyl (C=O) groups is 1. The van der Waals surface area contributed by atoms with Crippen molar-refractivity contribution in [2.75, 3.05) is 13.2 Å². The highest BCUT2D eigenvalue weighted by Gasteiger charge is 2.24. The van der Waals surface area contributed by atoms with Gasteiger partial charge in [0.15, 0.2) is 0 Å². The number of thiazole rings is 1. The number of H-pyrrole nitrogens is 1. The summed E-state index contributed by atoms with van der Waals surface area (Å²) in [6.45, 7) is 5.97. The van der Waals surface area contributed by atoms with E-state index < -0.39 is 5.97 Å². The van der Waals surface area contributed by atoms with Crippen molar-refractivity contribution in [3.63, 3.8) is 0 Å². The Morgan fingerprint density at radius 3 is 2.95 bits per heavy atom. The molecule has 0 aliphatic carbocycles. The summed E-state index contributed by atoms with van der Waals surface area (Å²) >= 11 is 1.12. The molecule has 1 aliphatic heterocycles. The standard InChI is InChI=1S/C14H22N2O3S/c1-3-10-7-5-6-8-16(10)9-11-12(13(17)19-4-2)15-14(18)20-11/h10H,3-9H2,1-2H3,(H,15,18). The molecule has 0 bridgehead atoms. The van der Waals surface area contributed by atoms with Crippen LogP contribution in [0.4, 0.5) is 0 Å². The second-order valence-corrected chi connectivity index (χ2v) is 6.13. The molecule has 1 saturated heterocycles. The molecule has 112 valence electrons. The maximum atomic E-state index is 11.9. The Labute approximate surface area is 122 Å². The molecule has 1 N–H and O–H groups in total. The van der Waals surface area contributed by atoms with Gasteiger partial charge in [-0.15, -0.1) is 0 Å². The smallest absolute Gasteiger partial charge is 0.356 e. The molecule has 1 unspecified atom stereocenters. The summed E-state index contributed by atoms with van der Waals surface area (Å²) in [5, 5.41) is 0. The van der Waals surface area contributed by atoms with Crippen LogP contribution in [-0.4, -0.2) is 35.0 Å². The summed E-state index contributed by atoms with van der Waals surface area (Å²) in [6, 6.07) is 0.552. The second-order valence-electron chi connectivity index (χ2n) is 5.06. The minimum atomic E-state index is -0.425. The van der Waals surface area contributed by atoms with Gasteiger partial charge in [-0.05, 0) is 32.7 Å². The van der Waals surface area contributed by atoms with E-state index in [1.54, 1.807) is 6.92 Å². The van der Waals surface area contributed by atoms with Crippen LogP contribution in [0.15, 0.2) is 4.79 Å². The van der Waals surface area contributed by atoms with Crippen molar-refractivity contribution in [2.45, 2.75) is 52.1 Å². The number of aromatic amines is 1. The lowest BCUT2D eigenvalue weighted by atomic mass is 10.00. The van der Waals surface area contributed by atoms with E-state index in [4.69, 9.17) is 4.74 Å². The Morgan fingerprint density at radius 1 is 1.45 bits per heavy atom. The monoisotopic (exact) mass is 298 g/mol. The molecule has 1 fully saturated rings. The van der Waals surface area contributed by atoms with E-state index in [1.807, 2.05) is 0 Å². The molecule has 5 nitrogen and oxygen atoms in total. The zero-order chi connectivity index (χ0) is 14.5. The Bertz CT molecular complexity index is 509. The number of piperidine rings is 1. The molecule has 1 aliphatic rings. The van der Waals surface area contributed by atoms with Gasteiger partial charge in [0, 0.05) is 12.6 Å². The highest BCUT2D eigenvalue weighted by molar-refractivity contribution is 7.09. The first-order valence-electron chi connectivity index (χ1n) is 7.28. The number of likely N-dealkylation sites (tertiary alicyclic amines) is 1. The molecule has 0 saturated carbocycles. The molecule has 1 aromatic heterocycles. The topological polar surface area (TPSA) is 62.4 Å². The first-order valence-corrected chi connectivity index (χ1v) is 8.10. The third kappa shape index (κ3) is 3.49. The van der Waals surface area contributed by atoms with Gasteiger partial charge in [0.25, 0.3) is 0 Å². The predicted octanol–water partition coefficient (Wildman–Crippen LogP) is 2.38. The molecular weight excluding hydrogens is 276 g/mol. The van der Waals surface area contributed by atoms with Crippen LogP contribution in [0, 0.1) is 0 Å². The molecule has 20 heavy (non-hydrogen) atoms. The van der Waals surface area contributed by atoms with E-state index >= 15 is 0 Å². The molecule has 1 aromatic rings. The number of carbonyl (C=O) groups excluding carboxylic acids is 1. The van der Waals surface area contributed by atoms with Crippen molar-refractivity contribution >= 4 is 17.3 Å². The first-order chi connectivity index (χ1) is 9.65. The van der Waals surface area contributed by atoms with E-state index in [0.717, 1.165) is 29.2 Å². The van der Waals surface area contributed by atoms with Gasteiger partial charge in [-0.25, -0.2) is 4.79 Å². The largest absolute Gasteiger partial charge is 0.461 e. The fourth-order valence-electron chi connectivity index (χ4n) is 2.75. The van der Waals surface area contributed by atoms with Gasteiger partial charge in [0.1, 0.15) is 5.69 Å². The van der Waals surface area contributed by atoms with Gasteiger partial charge in [-0.1, -0.05) is 24.7 Å². The summed E-state index contributed by atoms with van der Waals surface area (Å²) < 4.78 is 5.00. The molecule has 6 heteroatoms. The SMILES string of the molecule is CCOC(=O)c1[nH]c(=O)sc1CN1CCCCC1CC. The van der Waals surface area contributed by atoms with Gasteiger partial charge >= 0.3 is 10.8 Å². The Hall–Kier alpha value is -1.14. The Morgan fingerprint density at radius 2 is 2.25 bits per heavy atom. The number of aromatic nitrogens is 1. The zero-order valence-corrected chi connectivity index (χ0v) is 12.9. The first kappa shape index (κ1) is 15.3. The van der Waals surface area contributed by atoms with Crippen LogP contribution >= 0.6 is 11.3 Å². The maximum absolute atomic E-state index is 11.9. The van der Waals surface area contributed by atoms with Crippen molar-refractivity contribution in [1.82, 2.24) is 9.88 Å². The Kier molecular flexibility index (Phi) is 5.37. The van der Waals surface area contributed by atoms with Crippen LogP contribution in [0.2, 0.25) is 0 Å². The van der Waals surface area contributed by atoms with E-state index in [2.05, 4.69) is 16.8 Å². The Balaban J connectivity index is 2.15. The third-order valence-electron chi connectivity index (χ3n) is 3.77. The fourth-order valence-corrected chi connectivity index (χ4v) is 3.60. The highest BCUT2D eigenvalue weighted by atomic mass is 32.1. The second kappa shape index (κ2) is 7.04. The van der Waals surface area contributed by atoms with Crippen molar-refractivity contribution in [2.24, 2.45) is 0 Å². The third-order valence-corrected chi connectivity index (χ3v) is 4.64. The van der Waals surface area contributed by atoms with Gasteiger partial charge in [0.2, 0.25) is 0 Å². The van der Waals surface area contributed by atoms with Crippen LogP contribution in [0.25, 0.3) is 0 Å². The quantitative estimate of drug-likeness (QED) is 0.848. The van der Waals surface area contributed by atoms with E-state index in [0.29, 0.717) is 24.9 Å². The minimum absolute atomic E-state index is 0.187. The number of esters is 1. The molecule has 2 rings (SSSR count). The van der Waals surface area contributed by atoms with Crippen LogP contribution < -0.4 is 4.87 Å². The number of nitrogens with zero attached hydrogens (tertiary/aromatic N) is 1. The summed E-state index contributed by atoms with van der Waals surface area (Å²) in [6.07, 6.45) is 4.76. The van der Waals surface area contributed by atoms with Gasteiger partial charge < -0.3 is 9.72 Å². The lowest BCUT2D eigenvalue weighted by Gasteiger charge is -2.34. The number of rotatable bonds is 5. The number of hydrogen-bond donors (Lipinski definition) is 1. The van der Waals surface area contributed by atoms with Gasteiger partial charge in [-0.3, -0.25) is 9.69 Å². The van der Waals surface area contributed by atoms with Crippen LogP contribution in [0.5, 0.6) is 0 Å². The van der Waals surface area contributed by atoms with Gasteiger partial charge in [-0.2, -0.15) is 0 Å². The van der Waals surface area contributed by atoms with Gasteiger partial charge in [0.05, 0.1) is 11.5 Å². The lowest BCUT2D eigenvalue weighted by molar-refractivity contribution is 0.0516. The normalized spacial score (nSPS) is 20.0. The van der Waals surface area contributed by atoms with Crippen molar-refractivity contribution in [3.05, 3.63) is 20.2 Å². The molecule has 0 amide bonds. The average molecular weight is 298 g/mol.